The minimum Gasteiger partial charge on any atom is -0.460 e. The van der Waals surface area contributed by atoms with Crippen molar-refractivity contribution in [1.29, 1.82) is 0 Å². The van der Waals surface area contributed by atoms with Crippen LogP contribution in [0.4, 0.5) is 13.2 Å². The molecule has 20 heavy (non-hydrogen) atoms. The van der Waals surface area contributed by atoms with E-state index < -0.39 is 35.3 Å². The van der Waals surface area contributed by atoms with Crippen molar-refractivity contribution >= 4 is 5.97 Å². The quantitative estimate of drug-likeness (QED) is 0.870. The highest BCUT2D eigenvalue weighted by Gasteiger charge is 2.56. The van der Waals surface area contributed by atoms with E-state index in [0.717, 1.165) is 12.1 Å². The van der Waals surface area contributed by atoms with Crippen molar-refractivity contribution in [3.8, 4) is 0 Å². The van der Waals surface area contributed by atoms with Gasteiger partial charge in [0.25, 0.3) is 0 Å². The molecule has 0 fully saturated rings. The summed E-state index contributed by atoms with van der Waals surface area (Å²) in [5, 5.41) is 9.96. The lowest BCUT2D eigenvalue weighted by atomic mass is 9.89. The smallest absolute Gasteiger partial charge is 0.422 e. The summed E-state index contributed by atoms with van der Waals surface area (Å²) in [7, 11) is 0. The van der Waals surface area contributed by atoms with Gasteiger partial charge in [0, 0.05) is 0 Å². The van der Waals surface area contributed by atoms with Crippen molar-refractivity contribution in [3.05, 3.63) is 35.9 Å². The maximum atomic E-state index is 13.1. The lowest BCUT2D eigenvalue weighted by Gasteiger charge is -2.31. The lowest BCUT2D eigenvalue weighted by Crippen LogP contribution is -2.45. The molecular formula is C14H17F3O3. The second-order valence-electron chi connectivity index (χ2n) is 5.49. The van der Waals surface area contributed by atoms with Gasteiger partial charge in [0.05, 0.1) is 6.42 Å². The highest BCUT2D eigenvalue weighted by Crippen LogP contribution is 2.41. The van der Waals surface area contributed by atoms with E-state index >= 15 is 0 Å². The van der Waals surface area contributed by atoms with Crippen LogP contribution in [0, 0.1) is 0 Å². The number of rotatable bonds is 3. The fraction of sp³-hybridized carbons (Fsp3) is 0.500. The molecule has 0 radical (unpaired) electrons. The number of aliphatic hydroxyl groups is 1. The van der Waals surface area contributed by atoms with Crippen LogP contribution >= 0.6 is 0 Å². The SMILES string of the molecule is CC(C)(C)OC(=O)C[C@@](O)(c1ccccc1)C(F)(F)F. The first-order valence-corrected chi connectivity index (χ1v) is 6.02. The number of benzene rings is 1. The summed E-state index contributed by atoms with van der Waals surface area (Å²) in [6.07, 6.45) is -6.16. The van der Waals surface area contributed by atoms with Crippen LogP contribution in [0.5, 0.6) is 0 Å². The lowest BCUT2D eigenvalue weighted by molar-refractivity contribution is -0.270. The molecule has 1 aromatic rings. The standard InChI is InChI=1S/C14H17F3O3/c1-12(2,3)20-11(18)9-13(19,14(15,16)17)10-7-5-4-6-8-10/h4-8,19H,9H2,1-3H3/t13-/m1/s1. The van der Waals surface area contributed by atoms with Crippen LogP contribution < -0.4 is 0 Å². The normalized spacial score (nSPS) is 15.6. The third kappa shape index (κ3) is 3.96. The van der Waals surface area contributed by atoms with Gasteiger partial charge in [0.2, 0.25) is 0 Å². The predicted octanol–water partition coefficient (Wildman–Crippen LogP) is 3.17. The largest absolute Gasteiger partial charge is 0.460 e. The molecule has 3 nitrogen and oxygen atoms in total. The molecule has 0 bridgehead atoms. The fourth-order valence-corrected chi connectivity index (χ4v) is 1.67. The van der Waals surface area contributed by atoms with E-state index in [1.165, 1.54) is 18.2 Å². The third-order valence-electron chi connectivity index (χ3n) is 2.54. The van der Waals surface area contributed by atoms with Crippen molar-refractivity contribution in [2.45, 2.75) is 44.6 Å². The molecule has 0 aromatic heterocycles. The summed E-state index contributed by atoms with van der Waals surface area (Å²) in [6, 6.07) is 6.49. The van der Waals surface area contributed by atoms with E-state index in [1.54, 1.807) is 20.8 Å². The zero-order valence-electron chi connectivity index (χ0n) is 11.5. The maximum absolute atomic E-state index is 13.1. The zero-order chi connectivity index (χ0) is 15.6. The van der Waals surface area contributed by atoms with E-state index in [-0.39, 0.29) is 0 Å². The monoisotopic (exact) mass is 290 g/mol. The second kappa shape index (κ2) is 5.44. The van der Waals surface area contributed by atoms with Crippen LogP contribution in [-0.4, -0.2) is 22.9 Å². The third-order valence-corrected chi connectivity index (χ3v) is 2.54. The molecule has 0 aliphatic rings. The summed E-state index contributed by atoms with van der Waals surface area (Å²) in [4.78, 5) is 11.6. The van der Waals surface area contributed by atoms with Crippen LogP contribution in [0.15, 0.2) is 30.3 Å². The first-order chi connectivity index (χ1) is 8.96. The molecule has 0 heterocycles. The van der Waals surface area contributed by atoms with E-state index in [2.05, 4.69) is 0 Å². The Morgan fingerprint density at radius 1 is 1.15 bits per heavy atom. The first kappa shape index (κ1) is 16.5. The van der Waals surface area contributed by atoms with Gasteiger partial charge in [-0.25, -0.2) is 0 Å². The topological polar surface area (TPSA) is 46.5 Å². The van der Waals surface area contributed by atoms with Gasteiger partial charge in [0.1, 0.15) is 5.60 Å². The minimum absolute atomic E-state index is 0.390. The predicted molar refractivity (Wildman–Crippen MR) is 66.9 cm³/mol. The first-order valence-electron chi connectivity index (χ1n) is 6.02. The van der Waals surface area contributed by atoms with Gasteiger partial charge in [-0.1, -0.05) is 30.3 Å². The average molecular weight is 290 g/mol. The van der Waals surface area contributed by atoms with Gasteiger partial charge in [-0.3, -0.25) is 4.79 Å². The van der Waals surface area contributed by atoms with Crippen LogP contribution in [-0.2, 0) is 15.1 Å². The van der Waals surface area contributed by atoms with Gasteiger partial charge in [-0.2, -0.15) is 13.2 Å². The van der Waals surface area contributed by atoms with Crippen molar-refractivity contribution < 1.29 is 27.8 Å². The molecule has 6 heteroatoms. The molecule has 112 valence electrons. The number of halogens is 3. The number of alkyl halides is 3. The van der Waals surface area contributed by atoms with Gasteiger partial charge < -0.3 is 9.84 Å². The van der Waals surface area contributed by atoms with Gasteiger partial charge in [-0.15, -0.1) is 0 Å². The molecule has 0 aliphatic carbocycles. The molecule has 0 spiro atoms. The van der Waals surface area contributed by atoms with E-state index in [9.17, 15) is 23.1 Å². The van der Waals surface area contributed by atoms with Crippen molar-refractivity contribution in [2.75, 3.05) is 0 Å². The molecule has 0 aliphatic heterocycles. The van der Waals surface area contributed by atoms with E-state index in [0.29, 0.717) is 0 Å². The molecule has 0 unspecified atom stereocenters. The van der Waals surface area contributed by atoms with Crippen molar-refractivity contribution in [3.63, 3.8) is 0 Å². The highest BCUT2D eigenvalue weighted by molar-refractivity contribution is 5.71. The Balaban J connectivity index is 3.07. The molecule has 1 N–H and O–H groups in total. The molecule has 0 saturated heterocycles. The minimum atomic E-state index is -4.98. The van der Waals surface area contributed by atoms with Crippen LogP contribution in [0.1, 0.15) is 32.8 Å². The highest BCUT2D eigenvalue weighted by atomic mass is 19.4. The van der Waals surface area contributed by atoms with Crippen LogP contribution in [0.2, 0.25) is 0 Å². The Labute approximate surface area is 115 Å². The average Bonchev–Trinajstić information content (AvgIpc) is 2.25. The summed E-state index contributed by atoms with van der Waals surface area (Å²) >= 11 is 0. The molecular weight excluding hydrogens is 273 g/mol. The Bertz CT molecular complexity index is 463. The Hall–Kier alpha value is -1.56. The zero-order valence-corrected chi connectivity index (χ0v) is 11.5. The maximum Gasteiger partial charge on any atom is 0.422 e. The van der Waals surface area contributed by atoms with E-state index in [1.807, 2.05) is 0 Å². The Morgan fingerprint density at radius 3 is 2.05 bits per heavy atom. The number of carbonyl (C=O) groups is 1. The van der Waals surface area contributed by atoms with E-state index in [4.69, 9.17) is 4.74 Å². The Kier molecular flexibility index (Phi) is 4.49. The summed E-state index contributed by atoms with van der Waals surface area (Å²) in [6.45, 7) is 4.63. The molecule has 1 atom stereocenters. The number of esters is 1. The van der Waals surface area contributed by atoms with Crippen molar-refractivity contribution in [1.82, 2.24) is 0 Å². The number of carbonyl (C=O) groups excluding carboxylic acids is 1. The number of ether oxygens (including phenoxy) is 1. The molecule has 1 aromatic carbocycles. The molecule has 0 amide bonds. The molecule has 0 saturated carbocycles. The van der Waals surface area contributed by atoms with Crippen LogP contribution in [0.25, 0.3) is 0 Å². The second-order valence-corrected chi connectivity index (χ2v) is 5.49. The summed E-state index contributed by atoms with van der Waals surface area (Å²) in [5.41, 5.74) is -4.56. The van der Waals surface area contributed by atoms with Gasteiger partial charge in [0.15, 0.2) is 5.60 Å². The van der Waals surface area contributed by atoms with Gasteiger partial charge in [-0.05, 0) is 26.3 Å². The number of hydrogen-bond acceptors (Lipinski definition) is 3. The fourth-order valence-electron chi connectivity index (χ4n) is 1.67. The van der Waals surface area contributed by atoms with Crippen molar-refractivity contribution in [2.24, 2.45) is 0 Å². The van der Waals surface area contributed by atoms with Crippen LogP contribution in [0.3, 0.4) is 0 Å². The Morgan fingerprint density at radius 2 is 1.65 bits per heavy atom. The summed E-state index contributed by atoms with van der Waals surface area (Å²) < 4.78 is 44.2. The summed E-state index contributed by atoms with van der Waals surface area (Å²) in [5.74, 6) is -1.11. The van der Waals surface area contributed by atoms with Gasteiger partial charge >= 0.3 is 12.1 Å². The molecule has 1 rings (SSSR count). The number of hydrogen-bond donors (Lipinski definition) is 1.